The third-order valence-corrected chi connectivity index (χ3v) is 3.65. The molecule has 0 saturated carbocycles. The third kappa shape index (κ3) is 3.58. The minimum Gasteiger partial charge on any atom is -0.481 e. The number of benzene rings is 2. The molecule has 0 bridgehead atoms. The highest BCUT2D eigenvalue weighted by Crippen LogP contribution is 2.26. The van der Waals surface area contributed by atoms with E-state index in [1.54, 1.807) is 42.5 Å². The Morgan fingerprint density at radius 3 is 2.60 bits per heavy atom. The molecule has 2 aromatic carbocycles. The minimum atomic E-state index is -1.01. The zero-order valence-corrected chi connectivity index (χ0v) is 13.4. The van der Waals surface area contributed by atoms with Crippen LogP contribution in [0.4, 0.5) is 5.69 Å². The highest BCUT2D eigenvalue weighted by atomic mass is 16.4. The molecular weight excluding hydrogens is 322 g/mol. The van der Waals surface area contributed by atoms with Crippen LogP contribution in [0.25, 0.3) is 22.3 Å². The summed E-state index contributed by atoms with van der Waals surface area (Å²) in [4.78, 5) is 34.6. The molecule has 1 aromatic heterocycles. The van der Waals surface area contributed by atoms with Gasteiger partial charge in [-0.25, -0.2) is 0 Å². The Hall–Kier alpha value is -3.41. The lowest BCUT2D eigenvalue weighted by Crippen LogP contribution is -2.06. The van der Waals surface area contributed by atoms with Crippen molar-refractivity contribution < 1.29 is 19.1 Å². The van der Waals surface area contributed by atoms with Crippen molar-refractivity contribution >= 4 is 28.5 Å². The first-order valence-corrected chi connectivity index (χ1v) is 7.59. The number of aliphatic carboxylic acids is 1. The highest BCUT2D eigenvalue weighted by molar-refractivity contribution is 5.90. The molecule has 0 radical (unpaired) electrons. The van der Waals surface area contributed by atoms with Crippen LogP contribution in [0.5, 0.6) is 0 Å². The molecule has 6 nitrogen and oxygen atoms in total. The Morgan fingerprint density at radius 2 is 1.88 bits per heavy atom. The van der Waals surface area contributed by atoms with E-state index in [-0.39, 0.29) is 23.3 Å². The molecule has 0 atom stereocenters. The Kier molecular flexibility index (Phi) is 4.35. The van der Waals surface area contributed by atoms with Crippen LogP contribution >= 0.6 is 0 Å². The lowest BCUT2D eigenvalue weighted by molar-refractivity contribution is -0.136. The molecule has 0 spiro atoms. The number of amides is 1. The van der Waals surface area contributed by atoms with E-state index in [4.69, 9.17) is 9.52 Å². The summed E-state index contributed by atoms with van der Waals surface area (Å²) < 4.78 is 5.84. The fourth-order valence-corrected chi connectivity index (χ4v) is 2.63. The Labute approximate surface area is 142 Å². The molecule has 0 unspecified atom stereocenters. The number of rotatable bonds is 4. The SMILES string of the molecule is CC(=O)Nc1cccc(-c2cc(=O)c3cccc(CC(=O)O)c3o2)c1. The number of carboxylic acids is 1. The van der Waals surface area contributed by atoms with Gasteiger partial charge in [-0.3, -0.25) is 14.4 Å². The van der Waals surface area contributed by atoms with E-state index < -0.39 is 5.97 Å². The largest absolute Gasteiger partial charge is 0.481 e. The molecule has 6 heteroatoms. The molecule has 3 aromatic rings. The molecule has 0 fully saturated rings. The smallest absolute Gasteiger partial charge is 0.307 e. The van der Waals surface area contributed by atoms with Gasteiger partial charge in [-0.1, -0.05) is 24.3 Å². The normalized spacial score (nSPS) is 10.6. The summed E-state index contributed by atoms with van der Waals surface area (Å²) in [5, 5.41) is 12.0. The quantitative estimate of drug-likeness (QED) is 0.763. The van der Waals surface area contributed by atoms with Crippen molar-refractivity contribution in [3.05, 3.63) is 64.3 Å². The molecular formula is C19H15NO5. The van der Waals surface area contributed by atoms with Crippen molar-refractivity contribution in [2.24, 2.45) is 0 Å². The zero-order valence-electron chi connectivity index (χ0n) is 13.4. The zero-order chi connectivity index (χ0) is 18.0. The summed E-state index contributed by atoms with van der Waals surface area (Å²) in [6, 6.07) is 13.1. The number of hydrogen-bond acceptors (Lipinski definition) is 4. The van der Waals surface area contributed by atoms with Crippen molar-refractivity contribution in [2.45, 2.75) is 13.3 Å². The molecule has 0 aliphatic heterocycles. The first-order chi connectivity index (χ1) is 11.9. The van der Waals surface area contributed by atoms with E-state index in [9.17, 15) is 14.4 Å². The second-order valence-corrected chi connectivity index (χ2v) is 5.60. The maximum absolute atomic E-state index is 12.4. The first kappa shape index (κ1) is 16.4. The maximum Gasteiger partial charge on any atom is 0.307 e. The van der Waals surface area contributed by atoms with Crippen LogP contribution < -0.4 is 10.7 Å². The summed E-state index contributed by atoms with van der Waals surface area (Å²) in [5.41, 5.74) is 1.62. The number of fused-ring (bicyclic) bond motifs is 1. The topological polar surface area (TPSA) is 96.6 Å². The first-order valence-electron chi connectivity index (χ1n) is 7.59. The number of carbonyl (C=O) groups is 2. The number of carbonyl (C=O) groups excluding carboxylic acids is 1. The van der Waals surface area contributed by atoms with E-state index in [2.05, 4.69) is 5.32 Å². The molecule has 1 heterocycles. The van der Waals surface area contributed by atoms with Crippen molar-refractivity contribution in [3.63, 3.8) is 0 Å². The maximum atomic E-state index is 12.4. The number of anilines is 1. The van der Waals surface area contributed by atoms with Gasteiger partial charge in [-0.15, -0.1) is 0 Å². The van der Waals surface area contributed by atoms with Gasteiger partial charge >= 0.3 is 5.97 Å². The van der Waals surface area contributed by atoms with E-state index in [1.165, 1.54) is 13.0 Å². The van der Waals surface area contributed by atoms with Crippen molar-refractivity contribution in [1.82, 2.24) is 0 Å². The standard InChI is InChI=1S/C19H15NO5/c1-11(21)20-14-6-2-4-12(8-14)17-10-16(22)15-7-3-5-13(9-18(23)24)19(15)25-17/h2-8,10H,9H2,1H3,(H,20,21)(H,23,24). The van der Waals surface area contributed by atoms with Gasteiger partial charge in [0, 0.05) is 29.8 Å². The van der Waals surface area contributed by atoms with Crippen LogP contribution in [-0.4, -0.2) is 17.0 Å². The second-order valence-electron chi connectivity index (χ2n) is 5.60. The molecule has 1 amide bonds. The van der Waals surface area contributed by atoms with Crippen LogP contribution in [0.3, 0.4) is 0 Å². The summed E-state index contributed by atoms with van der Waals surface area (Å²) in [7, 11) is 0. The van der Waals surface area contributed by atoms with Crippen LogP contribution in [0, 0.1) is 0 Å². The van der Waals surface area contributed by atoms with Gasteiger partial charge in [-0.2, -0.15) is 0 Å². The van der Waals surface area contributed by atoms with Gasteiger partial charge in [-0.05, 0) is 18.2 Å². The van der Waals surface area contributed by atoms with E-state index in [1.807, 2.05) is 0 Å². The van der Waals surface area contributed by atoms with Crippen LogP contribution in [-0.2, 0) is 16.0 Å². The fraction of sp³-hybridized carbons (Fsp3) is 0.105. The Balaban J connectivity index is 2.16. The van der Waals surface area contributed by atoms with Crippen LogP contribution in [0.15, 0.2) is 57.7 Å². The summed E-state index contributed by atoms with van der Waals surface area (Å²) in [6.45, 7) is 1.40. The predicted molar refractivity (Wildman–Crippen MR) is 93.6 cm³/mol. The van der Waals surface area contributed by atoms with Crippen molar-refractivity contribution in [1.29, 1.82) is 0 Å². The minimum absolute atomic E-state index is 0.208. The number of nitrogens with one attached hydrogen (secondary N) is 1. The molecule has 0 saturated heterocycles. The lowest BCUT2D eigenvalue weighted by atomic mass is 10.1. The van der Waals surface area contributed by atoms with E-state index in [0.717, 1.165) is 0 Å². The number of carboxylic acid groups (broad SMARTS) is 1. The van der Waals surface area contributed by atoms with Gasteiger partial charge in [0.05, 0.1) is 11.8 Å². The summed E-state index contributed by atoms with van der Waals surface area (Å²) in [6.07, 6.45) is -0.240. The average molecular weight is 337 g/mol. The molecule has 0 aliphatic carbocycles. The van der Waals surface area contributed by atoms with E-state index >= 15 is 0 Å². The second kappa shape index (κ2) is 6.60. The van der Waals surface area contributed by atoms with Gasteiger partial charge < -0.3 is 14.8 Å². The predicted octanol–water partition coefficient (Wildman–Crippen LogP) is 3.05. The van der Waals surface area contributed by atoms with Gasteiger partial charge in [0.1, 0.15) is 11.3 Å². The molecule has 25 heavy (non-hydrogen) atoms. The molecule has 2 N–H and O–H groups in total. The molecule has 3 rings (SSSR count). The van der Waals surface area contributed by atoms with Gasteiger partial charge in [0.2, 0.25) is 5.91 Å². The average Bonchev–Trinajstić information content (AvgIpc) is 2.54. The monoisotopic (exact) mass is 337 g/mol. The van der Waals surface area contributed by atoms with Crippen LogP contribution in [0.2, 0.25) is 0 Å². The lowest BCUT2D eigenvalue weighted by Gasteiger charge is -2.08. The Morgan fingerprint density at radius 1 is 1.12 bits per heavy atom. The van der Waals surface area contributed by atoms with Gasteiger partial charge in [0.15, 0.2) is 5.43 Å². The summed E-state index contributed by atoms with van der Waals surface area (Å²) in [5.74, 6) is -0.906. The third-order valence-electron chi connectivity index (χ3n) is 3.65. The highest BCUT2D eigenvalue weighted by Gasteiger charge is 2.13. The summed E-state index contributed by atoms with van der Waals surface area (Å²) >= 11 is 0. The fourth-order valence-electron chi connectivity index (χ4n) is 2.63. The van der Waals surface area contributed by atoms with Crippen molar-refractivity contribution in [2.75, 3.05) is 5.32 Å². The molecule has 126 valence electrons. The Bertz CT molecular complexity index is 1040. The van der Waals surface area contributed by atoms with Crippen molar-refractivity contribution in [3.8, 4) is 11.3 Å². The number of para-hydroxylation sites is 1. The van der Waals surface area contributed by atoms with Crippen LogP contribution in [0.1, 0.15) is 12.5 Å². The molecule has 0 aliphatic rings. The van der Waals surface area contributed by atoms with Gasteiger partial charge in [0.25, 0.3) is 0 Å². The van der Waals surface area contributed by atoms with E-state index in [0.29, 0.717) is 28.0 Å². The number of hydrogen-bond donors (Lipinski definition) is 2.